The summed E-state index contributed by atoms with van der Waals surface area (Å²) in [7, 11) is 0. The predicted molar refractivity (Wildman–Crippen MR) is 71.8 cm³/mol. The smallest absolute Gasteiger partial charge is 0.151 e. The Labute approximate surface area is 111 Å². The second-order valence-electron chi connectivity index (χ2n) is 5.61. The molecule has 5 heteroatoms. The Morgan fingerprint density at radius 2 is 2.00 bits per heavy atom. The van der Waals surface area contributed by atoms with Gasteiger partial charge in [0.05, 0.1) is 17.0 Å². The Morgan fingerprint density at radius 3 is 2.63 bits per heavy atom. The van der Waals surface area contributed by atoms with Gasteiger partial charge in [-0.25, -0.2) is 8.78 Å². The minimum atomic E-state index is -0.818. The Balaban J connectivity index is 2.02. The van der Waals surface area contributed by atoms with Crippen molar-refractivity contribution >= 4 is 11.4 Å². The molecule has 1 aliphatic carbocycles. The lowest BCUT2D eigenvalue weighted by Gasteiger charge is -2.35. The number of halogens is 2. The van der Waals surface area contributed by atoms with E-state index in [1.807, 2.05) is 0 Å². The van der Waals surface area contributed by atoms with E-state index in [0.717, 1.165) is 25.0 Å². The third kappa shape index (κ3) is 3.35. The fourth-order valence-corrected chi connectivity index (χ4v) is 2.47. The molecule has 0 radical (unpaired) electrons. The molecule has 19 heavy (non-hydrogen) atoms. The summed E-state index contributed by atoms with van der Waals surface area (Å²) in [4.78, 5) is 0. The zero-order valence-electron chi connectivity index (χ0n) is 11.0. The molecular weight excluding hydrogens is 250 g/mol. The highest BCUT2D eigenvalue weighted by Crippen LogP contribution is 2.32. The van der Waals surface area contributed by atoms with Gasteiger partial charge in [0.25, 0.3) is 0 Å². The average Bonchev–Trinajstić information content (AvgIpc) is 2.36. The van der Waals surface area contributed by atoms with Gasteiger partial charge in [0, 0.05) is 12.6 Å². The molecule has 0 spiro atoms. The van der Waals surface area contributed by atoms with Gasteiger partial charge < -0.3 is 16.2 Å². The van der Waals surface area contributed by atoms with Crippen molar-refractivity contribution in [3.05, 3.63) is 23.8 Å². The number of nitrogens with one attached hydrogen (secondary N) is 1. The molecule has 3 nitrogen and oxygen atoms in total. The zero-order valence-corrected chi connectivity index (χ0v) is 11.0. The predicted octanol–water partition coefficient (Wildman–Crippen LogP) is 2.90. The van der Waals surface area contributed by atoms with Gasteiger partial charge in [-0.05, 0) is 37.7 Å². The molecule has 1 aliphatic rings. The van der Waals surface area contributed by atoms with Gasteiger partial charge in [0.15, 0.2) is 5.82 Å². The van der Waals surface area contributed by atoms with E-state index in [1.165, 1.54) is 0 Å². The van der Waals surface area contributed by atoms with Gasteiger partial charge in [0.2, 0.25) is 0 Å². The Hall–Kier alpha value is -1.36. The van der Waals surface area contributed by atoms with Crippen LogP contribution in [0.3, 0.4) is 0 Å². The maximum atomic E-state index is 13.3. The van der Waals surface area contributed by atoms with Crippen molar-refractivity contribution in [3.8, 4) is 0 Å². The summed E-state index contributed by atoms with van der Waals surface area (Å²) < 4.78 is 26.4. The summed E-state index contributed by atoms with van der Waals surface area (Å²) in [5, 5.41) is 13.3. The van der Waals surface area contributed by atoms with Gasteiger partial charge >= 0.3 is 0 Å². The van der Waals surface area contributed by atoms with Crippen LogP contribution in [-0.4, -0.2) is 17.3 Å². The van der Waals surface area contributed by atoms with Crippen molar-refractivity contribution < 1.29 is 13.9 Å². The summed E-state index contributed by atoms with van der Waals surface area (Å²) in [6.45, 7) is 2.42. The van der Waals surface area contributed by atoms with Crippen LogP contribution in [-0.2, 0) is 0 Å². The third-order valence-electron chi connectivity index (χ3n) is 3.91. The molecule has 0 unspecified atom stereocenters. The molecule has 1 fully saturated rings. The van der Waals surface area contributed by atoms with Crippen molar-refractivity contribution in [3.63, 3.8) is 0 Å². The molecule has 2 rings (SSSR count). The summed E-state index contributed by atoms with van der Waals surface area (Å²) in [6, 6.07) is 1.89. The molecular formula is C14H20F2N2O. The molecule has 0 aromatic heterocycles. The van der Waals surface area contributed by atoms with Gasteiger partial charge in [-0.2, -0.15) is 0 Å². The van der Waals surface area contributed by atoms with Crippen molar-refractivity contribution in [2.75, 3.05) is 17.6 Å². The highest BCUT2D eigenvalue weighted by Gasteiger charge is 2.31. The molecule has 1 saturated carbocycles. The monoisotopic (exact) mass is 270 g/mol. The Kier molecular flexibility index (Phi) is 3.94. The molecule has 0 atom stereocenters. The summed E-state index contributed by atoms with van der Waals surface area (Å²) in [5.74, 6) is -0.845. The number of benzene rings is 1. The van der Waals surface area contributed by atoms with E-state index in [2.05, 4.69) is 12.2 Å². The van der Waals surface area contributed by atoms with Crippen LogP contribution in [0.5, 0.6) is 0 Å². The SMILES string of the molecule is CC1CCC(O)(CNc2cc(F)cc(F)c2N)CC1. The van der Waals surface area contributed by atoms with Gasteiger partial charge in [-0.1, -0.05) is 6.92 Å². The van der Waals surface area contributed by atoms with E-state index in [0.29, 0.717) is 18.8 Å². The minimum absolute atomic E-state index is 0.117. The molecule has 0 aliphatic heterocycles. The summed E-state index contributed by atoms with van der Waals surface area (Å²) in [6.07, 6.45) is 3.31. The number of hydrogen-bond donors (Lipinski definition) is 3. The van der Waals surface area contributed by atoms with Crippen LogP contribution < -0.4 is 11.1 Å². The fraction of sp³-hybridized carbons (Fsp3) is 0.571. The van der Waals surface area contributed by atoms with Crippen molar-refractivity contribution in [2.24, 2.45) is 5.92 Å². The first-order chi connectivity index (χ1) is 8.89. The minimum Gasteiger partial charge on any atom is -0.395 e. The average molecular weight is 270 g/mol. The number of rotatable bonds is 3. The maximum Gasteiger partial charge on any atom is 0.151 e. The van der Waals surface area contributed by atoms with E-state index < -0.39 is 17.2 Å². The first-order valence-electron chi connectivity index (χ1n) is 6.60. The molecule has 106 valence electrons. The molecule has 0 amide bonds. The number of aliphatic hydroxyl groups is 1. The van der Waals surface area contributed by atoms with Gasteiger partial charge in [-0.3, -0.25) is 0 Å². The van der Waals surface area contributed by atoms with Crippen LogP contribution in [0.1, 0.15) is 32.6 Å². The Morgan fingerprint density at radius 1 is 1.37 bits per heavy atom. The van der Waals surface area contributed by atoms with Gasteiger partial charge in [-0.15, -0.1) is 0 Å². The second-order valence-corrected chi connectivity index (χ2v) is 5.61. The van der Waals surface area contributed by atoms with E-state index in [-0.39, 0.29) is 17.9 Å². The molecule has 1 aromatic carbocycles. The zero-order chi connectivity index (χ0) is 14.0. The van der Waals surface area contributed by atoms with Crippen molar-refractivity contribution in [2.45, 2.75) is 38.2 Å². The largest absolute Gasteiger partial charge is 0.395 e. The van der Waals surface area contributed by atoms with Crippen molar-refractivity contribution in [1.82, 2.24) is 0 Å². The van der Waals surface area contributed by atoms with Crippen LogP contribution in [0, 0.1) is 17.6 Å². The van der Waals surface area contributed by atoms with E-state index in [1.54, 1.807) is 0 Å². The highest BCUT2D eigenvalue weighted by atomic mass is 19.1. The normalized spacial score (nSPS) is 27.3. The summed E-state index contributed by atoms with van der Waals surface area (Å²) >= 11 is 0. The van der Waals surface area contributed by atoms with Crippen LogP contribution >= 0.6 is 0 Å². The lowest BCUT2D eigenvalue weighted by atomic mass is 9.79. The topological polar surface area (TPSA) is 58.3 Å². The molecule has 0 bridgehead atoms. The molecule has 0 saturated heterocycles. The van der Waals surface area contributed by atoms with E-state index >= 15 is 0 Å². The molecule has 1 aromatic rings. The number of anilines is 2. The maximum absolute atomic E-state index is 13.3. The van der Waals surface area contributed by atoms with Gasteiger partial charge in [0.1, 0.15) is 5.82 Å². The number of nitrogen functional groups attached to an aromatic ring is 1. The molecule has 4 N–H and O–H groups in total. The quantitative estimate of drug-likeness (QED) is 0.740. The Bertz CT molecular complexity index is 457. The standard InChI is InChI=1S/C14H20F2N2O/c1-9-2-4-14(19,5-3-9)8-18-12-7-10(15)6-11(16)13(12)17/h6-7,9,18-19H,2-5,8,17H2,1H3. The highest BCUT2D eigenvalue weighted by molar-refractivity contribution is 5.66. The van der Waals surface area contributed by atoms with E-state index in [4.69, 9.17) is 5.73 Å². The lowest BCUT2D eigenvalue weighted by Crippen LogP contribution is -2.40. The molecule has 0 heterocycles. The third-order valence-corrected chi connectivity index (χ3v) is 3.91. The van der Waals surface area contributed by atoms with Crippen LogP contribution in [0.15, 0.2) is 12.1 Å². The first-order valence-corrected chi connectivity index (χ1v) is 6.60. The number of hydrogen-bond acceptors (Lipinski definition) is 3. The summed E-state index contributed by atoms with van der Waals surface area (Å²) in [5.41, 5.74) is 4.81. The fourth-order valence-electron chi connectivity index (χ4n) is 2.47. The lowest BCUT2D eigenvalue weighted by molar-refractivity contribution is 0.00501. The second kappa shape index (κ2) is 5.33. The van der Waals surface area contributed by atoms with Crippen LogP contribution in [0.4, 0.5) is 20.2 Å². The van der Waals surface area contributed by atoms with E-state index in [9.17, 15) is 13.9 Å². The van der Waals surface area contributed by atoms with Crippen molar-refractivity contribution in [1.29, 1.82) is 0 Å². The first kappa shape index (κ1) is 14.1. The van der Waals surface area contributed by atoms with Crippen LogP contribution in [0.25, 0.3) is 0 Å². The number of nitrogens with two attached hydrogens (primary N) is 1. The van der Waals surface area contributed by atoms with Crippen LogP contribution in [0.2, 0.25) is 0 Å².